The van der Waals surface area contributed by atoms with Gasteiger partial charge in [-0.15, -0.1) is 5.10 Å². The lowest BCUT2D eigenvalue weighted by Crippen LogP contribution is -2.13. The number of nitrogens with one attached hydrogen (secondary N) is 1. The number of carbonyl (C=O) groups is 2. The van der Waals surface area contributed by atoms with Crippen LogP contribution in [0.1, 0.15) is 26.3 Å². The fourth-order valence-corrected chi connectivity index (χ4v) is 2.27. The topological polar surface area (TPSA) is 97.1 Å². The summed E-state index contributed by atoms with van der Waals surface area (Å²) < 4.78 is 1.62. The molecule has 23 heavy (non-hydrogen) atoms. The van der Waals surface area contributed by atoms with Crippen LogP contribution in [0.2, 0.25) is 0 Å². The number of rotatable bonds is 3. The highest BCUT2D eigenvalue weighted by molar-refractivity contribution is 6.06. The monoisotopic (exact) mass is 310 g/mol. The number of carboxylic acids is 1. The van der Waals surface area contributed by atoms with E-state index in [1.54, 1.807) is 42.9 Å². The summed E-state index contributed by atoms with van der Waals surface area (Å²) in [7, 11) is 1.77. The van der Waals surface area contributed by atoms with Crippen LogP contribution in [-0.4, -0.2) is 32.0 Å². The van der Waals surface area contributed by atoms with Crippen LogP contribution in [0.3, 0.4) is 0 Å². The van der Waals surface area contributed by atoms with Crippen molar-refractivity contribution in [1.82, 2.24) is 15.0 Å². The van der Waals surface area contributed by atoms with Crippen molar-refractivity contribution in [3.8, 4) is 0 Å². The molecule has 116 valence electrons. The first kappa shape index (κ1) is 14.7. The molecule has 0 spiro atoms. The fourth-order valence-electron chi connectivity index (χ4n) is 2.27. The summed E-state index contributed by atoms with van der Waals surface area (Å²) in [6, 6.07) is 9.69. The third-order valence-corrected chi connectivity index (χ3v) is 3.61. The maximum Gasteiger partial charge on any atom is 0.335 e. The highest BCUT2D eigenvalue weighted by Gasteiger charge is 2.12. The van der Waals surface area contributed by atoms with Crippen LogP contribution in [0.15, 0.2) is 36.4 Å². The maximum atomic E-state index is 12.4. The zero-order valence-electron chi connectivity index (χ0n) is 12.6. The first-order valence-corrected chi connectivity index (χ1v) is 6.90. The Morgan fingerprint density at radius 3 is 2.61 bits per heavy atom. The van der Waals surface area contributed by atoms with Crippen LogP contribution >= 0.6 is 0 Å². The molecule has 2 N–H and O–H groups in total. The number of aryl methyl sites for hydroxylation is 2. The van der Waals surface area contributed by atoms with Crippen molar-refractivity contribution in [2.75, 3.05) is 5.32 Å². The number of carbonyl (C=O) groups excluding carboxylic acids is 1. The molecule has 0 saturated heterocycles. The maximum absolute atomic E-state index is 12.4. The smallest absolute Gasteiger partial charge is 0.335 e. The number of aromatic nitrogens is 3. The van der Waals surface area contributed by atoms with Gasteiger partial charge in [0.25, 0.3) is 5.91 Å². The van der Waals surface area contributed by atoms with Crippen LogP contribution in [0, 0.1) is 6.92 Å². The van der Waals surface area contributed by atoms with E-state index in [0.29, 0.717) is 16.8 Å². The minimum atomic E-state index is -1.04. The van der Waals surface area contributed by atoms with Gasteiger partial charge < -0.3 is 10.4 Å². The summed E-state index contributed by atoms with van der Waals surface area (Å²) in [4.78, 5) is 23.4. The zero-order valence-corrected chi connectivity index (χ0v) is 12.6. The average molecular weight is 310 g/mol. The Morgan fingerprint density at radius 1 is 1.13 bits per heavy atom. The predicted molar refractivity (Wildman–Crippen MR) is 84.6 cm³/mol. The lowest BCUT2D eigenvalue weighted by atomic mass is 10.1. The van der Waals surface area contributed by atoms with E-state index in [1.807, 2.05) is 0 Å². The molecule has 0 unspecified atom stereocenters. The van der Waals surface area contributed by atoms with Crippen LogP contribution in [-0.2, 0) is 7.05 Å². The van der Waals surface area contributed by atoms with Crippen molar-refractivity contribution >= 4 is 28.6 Å². The molecule has 0 aliphatic rings. The van der Waals surface area contributed by atoms with Gasteiger partial charge in [-0.25, -0.2) is 9.48 Å². The minimum Gasteiger partial charge on any atom is -0.478 e. The van der Waals surface area contributed by atoms with Crippen molar-refractivity contribution in [2.24, 2.45) is 7.05 Å². The van der Waals surface area contributed by atoms with Crippen molar-refractivity contribution in [3.63, 3.8) is 0 Å². The van der Waals surface area contributed by atoms with E-state index in [0.717, 1.165) is 11.1 Å². The summed E-state index contributed by atoms with van der Waals surface area (Å²) in [5.74, 6) is -1.37. The lowest BCUT2D eigenvalue weighted by molar-refractivity contribution is 0.0696. The Morgan fingerprint density at radius 2 is 1.87 bits per heavy atom. The molecule has 7 heteroatoms. The first-order chi connectivity index (χ1) is 11.0. The molecule has 0 aliphatic heterocycles. The molecule has 0 bridgehead atoms. The Hall–Kier alpha value is -3.22. The van der Waals surface area contributed by atoms with Gasteiger partial charge in [0, 0.05) is 18.3 Å². The number of anilines is 1. The molecular formula is C16H14N4O3. The van der Waals surface area contributed by atoms with Crippen LogP contribution in [0.5, 0.6) is 0 Å². The van der Waals surface area contributed by atoms with E-state index in [4.69, 9.17) is 5.11 Å². The Balaban J connectivity index is 1.91. The SMILES string of the molecule is Cc1ccc(C(=O)O)cc1NC(=O)c1ccc2c(c1)nnn2C. The van der Waals surface area contributed by atoms with Crippen LogP contribution in [0.25, 0.3) is 11.0 Å². The molecule has 0 fully saturated rings. The molecule has 3 aromatic rings. The number of nitrogens with zero attached hydrogens (tertiary/aromatic N) is 3. The standard InChI is InChI=1S/C16H14N4O3/c1-9-3-4-11(16(22)23)8-12(9)17-15(21)10-5-6-14-13(7-10)18-19-20(14)2/h3-8H,1-2H3,(H,17,21)(H,22,23). The molecule has 1 amide bonds. The molecule has 2 aromatic carbocycles. The number of fused-ring (bicyclic) bond motifs is 1. The van der Waals surface area contributed by atoms with E-state index in [-0.39, 0.29) is 11.5 Å². The van der Waals surface area contributed by atoms with Crippen molar-refractivity contribution in [2.45, 2.75) is 6.92 Å². The Kier molecular flexibility index (Phi) is 3.53. The van der Waals surface area contributed by atoms with E-state index >= 15 is 0 Å². The number of hydrogen-bond acceptors (Lipinski definition) is 4. The van der Waals surface area contributed by atoms with Gasteiger partial charge in [0.1, 0.15) is 5.52 Å². The van der Waals surface area contributed by atoms with Gasteiger partial charge >= 0.3 is 5.97 Å². The molecular weight excluding hydrogens is 296 g/mol. The largest absolute Gasteiger partial charge is 0.478 e. The van der Waals surface area contributed by atoms with E-state index in [2.05, 4.69) is 15.6 Å². The van der Waals surface area contributed by atoms with Gasteiger partial charge in [-0.3, -0.25) is 4.79 Å². The van der Waals surface area contributed by atoms with E-state index in [9.17, 15) is 9.59 Å². The van der Waals surface area contributed by atoms with Crippen molar-refractivity contribution in [1.29, 1.82) is 0 Å². The molecule has 7 nitrogen and oxygen atoms in total. The number of benzene rings is 2. The van der Waals surface area contributed by atoms with Crippen molar-refractivity contribution < 1.29 is 14.7 Å². The second-order valence-corrected chi connectivity index (χ2v) is 5.21. The third-order valence-electron chi connectivity index (χ3n) is 3.61. The number of amides is 1. The molecule has 1 heterocycles. The highest BCUT2D eigenvalue weighted by Crippen LogP contribution is 2.19. The number of carboxylic acid groups (broad SMARTS) is 1. The number of hydrogen-bond donors (Lipinski definition) is 2. The van der Waals surface area contributed by atoms with Crippen LogP contribution < -0.4 is 5.32 Å². The molecule has 0 saturated carbocycles. The summed E-state index contributed by atoms with van der Waals surface area (Å²) in [6.45, 7) is 1.80. The van der Waals surface area contributed by atoms with Gasteiger partial charge in [-0.1, -0.05) is 11.3 Å². The number of aromatic carboxylic acids is 1. The highest BCUT2D eigenvalue weighted by atomic mass is 16.4. The first-order valence-electron chi connectivity index (χ1n) is 6.90. The van der Waals surface area contributed by atoms with Gasteiger partial charge in [0.05, 0.1) is 11.1 Å². The summed E-state index contributed by atoms with van der Waals surface area (Å²) in [5, 5.41) is 19.7. The Labute approximate surface area is 131 Å². The minimum absolute atomic E-state index is 0.121. The second kappa shape index (κ2) is 5.53. The Bertz CT molecular complexity index is 930. The third kappa shape index (κ3) is 2.76. The van der Waals surface area contributed by atoms with Gasteiger partial charge in [0.15, 0.2) is 0 Å². The zero-order chi connectivity index (χ0) is 16.6. The molecule has 0 radical (unpaired) electrons. The van der Waals surface area contributed by atoms with E-state index in [1.165, 1.54) is 12.1 Å². The van der Waals surface area contributed by atoms with Gasteiger partial charge in [0.2, 0.25) is 0 Å². The van der Waals surface area contributed by atoms with Gasteiger partial charge in [-0.2, -0.15) is 0 Å². The molecule has 0 atom stereocenters. The molecule has 1 aromatic heterocycles. The summed E-state index contributed by atoms with van der Waals surface area (Å²) >= 11 is 0. The normalized spacial score (nSPS) is 10.7. The summed E-state index contributed by atoms with van der Waals surface area (Å²) in [5.41, 5.74) is 3.24. The fraction of sp³-hybridized carbons (Fsp3) is 0.125. The van der Waals surface area contributed by atoms with Crippen LogP contribution in [0.4, 0.5) is 5.69 Å². The molecule has 0 aliphatic carbocycles. The lowest BCUT2D eigenvalue weighted by Gasteiger charge is -2.09. The second-order valence-electron chi connectivity index (χ2n) is 5.21. The quantitative estimate of drug-likeness (QED) is 0.773. The van der Waals surface area contributed by atoms with Crippen molar-refractivity contribution in [3.05, 3.63) is 53.1 Å². The van der Waals surface area contributed by atoms with Gasteiger partial charge in [-0.05, 0) is 42.8 Å². The predicted octanol–water partition coefficient (Wildman–Crippen LogP) is 2.23. The summed E-state index contributed by atoms with van der Waals surface area (Å²) in [6.07, 6.45) is 0. The van der Waals surface area contributed by atoms with E-state index < -0.39 is 5.97 Å². The molecule has 3 rings (SSSR count). The average Bonchev–Trinajstić information content (AvgIpc) is 2.90.